The second-order valence-corrected chi connectivity index (χ2v) is 7.74. The number of hydrogen-bond acceptors (Lipinski definition) is 1. The fraction of sp³-hybridized carbons (Fsp3) is 0.174. The molecule has 0 saturated carbocycles. The van der Waals surface area contributed by atoms with Crippen LogP contribution in [-0.4, -0.2) is 24.4 Å². The Kier molecular flexibility index (Phi) is 7.02. The van der Waals surface area contributed by atoms with Gasteiger partial charge in [0.05, 0.1) is 0 Å². The van der Waals surface area contributed by atoms with Crippen LogP contribution in [0.2, 0.25) is 0 Å². The maximum Gasteiger partial charge on any atom is 0.186 e. The van der Waals surface area contributed by atoms with Crippen molar-refractivity contribution in [3.05, 3.63) is 88.5 Å². The Balaban J connectivity index is 0.00000243. The van der Waals surface area contributed by atoms with Gasteiger partial charge in [-0.05, 0) is 75.0 Å². The Bertz CT molecular complexity index is 932. The van der Waals surface area contributed by atoms with Crippen molar-refractivity contribution in [1.29, 1.82) is 0 Å². The summed E-state index contributed by atoms with van der Waals surface area (Å²) in [4.78, 5) is 13.1. The fourth-order valence-electron chi connectivity index (χ4n) is 3.28. The van der Waals surface area contributed by atoms with Crippen LogP contribution in [0.4, 0.5) is 0 Å². The number of carbonyl (C=O) groups excluding carboxylic acids is 1. The van der Waals surface area contributed by atoms with Crippen LogP contribution in [0.5, 0.6) is 0 Å². The van der Waals surface area contributed by atoms with Gasteiger partial charge in [0.2, 0.25) is 0 Å². The van der Waals surface area contributed by atoms with Crippen molar-refractivity contribution < 1.29 is 4.79 Å². The van der Waals surface area contributed by atoms with Crippen LogP contribution in [0.1, 0.15) is 32.6 Å². The Morgan fingerprint density at radius 3 is 2.08 bits per heavy atom. The van der Waals surface area contributed by atoms with Gasteiger partial charge in [-0.1, -0.05) is 60.7 Å². The van der Waals surface area contributed by atoms with Crippen molar-refractivity contribution in [2.75, 3.05) is 0 Å². The van der Waals surface area contributed by atoms with Gasteiger partial charge in [-0.25, -0.2) is 0 Å². The minimum Gasteiger partial charge on any atom is -0.289 e. The van der Waals surface area contributed by atoms with Crippen LogP contribution in [0.25, 0.3) is 11.1 Å². The van der Waals surface area contributed by atoms with Crippen molar-refractivity contribution in [1.82, 2.24) is 0 Å². The van der Waals surface area contributed by atoms with E-state index in [0.29, 0.717) is 0 Å². The quantitative estimate of drug-likeness (QED) is 0.456. The summed E-state index contributed by atoms with van der Waals surface area (Å²) in [5, 5.41) is 1.11. The number of hydrogen-bond donors (Lipinski definition) is 0. The van der Waals surface area contributed by atoms with E-state index in [4.69, 9.17) is 0 Å². The van der Waals surface area contributed by atoms with Crippen LogP contribution >= 0.6 is 8.58 Å². The Morgan fingerprint density at radius 2 is 1.38 bits per heavy atom. The summed E-state index contributed by atoms with van der Waals surface area (Å²) in [6.07, 6.45) is 0. The molecule has 0 fully saturated rings. The van der Waals surface area contributed by atoms with E-state index >= 15 is 0 Å². The van der Waals surface area contributed by atoms with Gasteiger partial charge in [-0.3, -0.25) is 4.79 Å². The first kappa shape index (κ1) is 20.7. The minimum absolute atomic E-state index is 0. The van der Waals surface area contributed by atoms with Crippen LogP contribution < -0.4 is 5.30 Å². The maximum absolute atomic E-state index is 13.1. The molecule has 1 unspecified atom stereocenters. The van der Waals surface area contributed by atoms with Crippen molar-refractivity contribution in [3.8, 4) is 11.1 Å². The van der Waals surface area contributed by atoms with Gasteiger partial charge in [0.15, 0.2) is 5.52 Å². The van der Waals surface area contributed by atoms with E-state index in [1.807, 2.05) is 37.3 Å². The zero-order valence-corrected chi connectivity index (χ0v) is 17.2. The predicted octanol–water partition coefficient (Wildman–Crippen LogP) is 5.35. The fourth-order valence-corrected chi connectivity index (χ4v) is 4.58. The largest absolute Gasteiger partial charge is 0.289 e. The van der Waals surface area contributed by atoms with Gasteiger partial charge in [0.25, 0.3) is 0 Å². The first-order valence-corrected chi connectivity index (χ1v) is 9.52. The topological polar surface area (TPSA) is 17.1 Å². The first-order chi connectivity index (χ1) is 12.0. The van der Waals surface area contributed by atoms with Crippen molar-refractivity contribution >= 4 is 38.3 Å². The smallest absolute Gasteiger partial charge is 0.186 e. The third kappa shape index (κ3) is 4.19. The molecule has 3 rings (SSSR count). The van der Waals surface area contributed by atoms with Crippen LogP contribution in [0.3, 0.4) is 0 Å². The van der Waals surface area contributed by atoms with Crippen molar-refractivity contribution in [2.24, 2.45) is 0 Å². The molecule has 127 valence electrons. The molecule has 3 heteroatoms. The molecule has 1 atom stereocenters. The average Bonchev–Trinajstić information content (AvgIpc) is 2.61. The summed E-state index contributed by atoms with van der Waals surface area (Å²) in [5.74, 6) is 0. The zero-order valence-electron chi connectivity index (χ0n) is 16.2. The minimum atomic E-state index is 0. The second-order valence-electron chi connectivity index (χ2n) is 6.50. The van der Waals surface area contributed by atoms with E-state index in [-0.39, 0.29) is 33.0 Å². The molecule has 0 heterocycles. The normalized spacial score (nSPS) is 10.8. The van der Waals surface area contributed by atoms with Gasteiger partial charge in [-0.15, -0.1) is 0 Å². The van der Waals surface area contributed by atoms with Gasteiger partial charge in [0, 0.05) is 24.4 Å². The molecule has 0 N–H and O–H groups in total. The summed E-state index contributed by atoms with van der Waals surface area (Å²) < 4.78 is 0. The summed E-state index contributed by atoms with van der Waals surface area (Å²) in [6.45, 7) is 8.31. The van der Waals surface area contributed by atoms with E-state index < -0.39 is 0 Å². The van der Waals surface area contributed by atoms with E-state index in [2.05, 4.69) is 51.1 Å². The molecule has 0 aromatic heterocycles. The van der Waals surface area contributed by atoms with Gasteiger partial charge in [-0.2, -0.15) is 0 Å². The van der Waals surface area contributed by atoms with Gasteiger partial charge >= 0.3 is 0 Å². The Labute approximate surface area is 170 Å². The summed E-state index contributed by atoms with van der Waals surface area (Å²) in [7, 11) is 0.127. The first-order valence-electron chi connectivity index (χ1n) is 8.52. The maximum atomic E-state index is 13.1. The third-order valence-electron chi connectivity index (χ3n) is 4.84. The monoisotopic (exact) mass is 353 g/mol. The number of aryl methyl sites for hydroxylation is 2. The van der Waals surface area contributed by atoms with Gasteiger partial charge < -0.3 is 0 Å². The number of benzene rings is 3. The molecule has 1 nitrogen and oxygen atoms in total. The molecular weight excluding hydrogens is 330 g/mol. The molecule has 0 amide bonds. The molecule has 1 radical (unpaired) electrons. The third-order valence-corrected chi connectivity index (χ3v) is 6.03. The van der Waals surface area contributed by atoms with E-state index in [1.165, 1.54) is 11.1 Å². The van der Waals surface area contributed by atoms with Crippen molar-refractivity contribution in [2.45, 2.75) is 27.7 Å². The van der Waals surface area contributed by atoms with E-state index in [9.17, 15) is 4.79 Å². The molecule has 3 aromatic carbocycles. The van der Waals surface area contributed by atoms with Crippen LogP contribution in [0, 0.1) is 27.7 Å². The zero-order chi connectivity index (χ0) is 18.0. The predicted molar refractivity (Wildman–Crippen MR) is 115 cm³/mol. The SMILES string of the molecule is Cc1cc(C)c(C(=O)Pc2ccccc2-c2ccccc2)c(C)c1C.[Li]. The summed E-state index contributed by atoms with van der Waals surface area (Å²) in [5.41, 5.74) is 8.09. The molecule has 0 aliphatic rings. The molecule has 0 saturated heterocycles. The molecular formula is C23H23LiOP. The Hall–Kier alpha value is -1.64. The van der Waals surface area contributed by atoms with Crippen LogP contribution in [-0.2, 0) is 0 Å². The number of rotatable bonds is 4. The Morgan fingerprint density at radius 1 is 0.769 bits per heavy atom. The van der Waals surface area contributed by atoms with E-state index in [1.54, 1.807) is 0 Å². The van der Waals surface area contributed by atoms with E-state index in [0.717, 1.165) is 33.1 Å². The average molecular weight is 353 g/mol. The molecule has 0 aliphatic heterocycles. The second kappa shape index (κ2) is 8.83. The molecule has 0 bridgehead atoms. The molecule has 0 aliphatic carbocycles. The summed E-state index contributed by atoms with van der Waals surface area (Å²) in [6, 6.07) is 20.6. The molecule has 3 aromatic rings. The molecule has 0 spiro atoms. The standard InChI is InChI=1S/C23H23OP.Li/c1-15-14-16(2)22(18(4)17(15)3)23(24)25-21-13-9-8-12-20(21)19-10-6-5-7-11-19;/h5-14,25H,1-4H3;. The van der Waals surface area contributed by atoms with Crippen LogP contribution in [0.15, 0.2) is 60.7 Å². The number of carbonyl (C=O) groups is 1. The van der Waals surface area contributed by atoms with Gasteiger partial charge in [0.1, 0.15) is 0 Å². The summed E-state index contributed by atoms with van der Waals surface area (Å²) >= 11 is 0. The molecule has 26 heavy (non-hydrogen) atoms. The van der Waals surface area contributed by atoms with Crippen molar-refractivity contribution in [3.63, 3.8) is 0 Å².